The van der Waals surface area contributed by atoms with Crippen molar-refractivity contribution in [3.63, 3.8) is 0 Å². The zero-order chi connectivity index (χ0) is 49.9. The van der Waals surface area contributed by atoms with Crippen molar-refractivity contribution in [1.29, 1.82) is 0 Å². The number of carbonyl (C=O) groups is 6. The lowest BCUT2D eigenvalue weighted by atomic mass is 9.81. The van der Waals surface area contributed by atoms with Crippen LogP contribution in [0.4, 0.5) is 21.0 Å². The second-order valence-corrected chi connectivity index (χ2v) is 19.6. The molecule has 0 aromatic heterocycles. The Morgan fingerprint density at radius 1 is 0.563 bits per heavy atom. The molecular weight excluding hydrogens is 924 g/mol. The van der Waals surface area contributed by atoms with Crippen LogP contribution in [0.2, 0.25) is 0 Å². The number of methoxy groups -OCH3 is 2. The van der Waals surface area contributed by atoms with Crippen LogP contribution < -0.4 is 15.1 Å². The molecule has 4 saturated carbocycles. The third-order valence-electron chi connectivity index (χ3n) is 14.5. The number of esters is 2. The molecule has 4 fully saturated rings. The molecule has 6 atom stereocenters. The largest absolute Gasteiger partial charge is 0.469 e. The minimum Gasteiger partial charge on any atom is -0.469 e. The van der Waals surface area contributed by atoms with Gasteiger partial charge in [0.05, 0.1) is 44.5 Å². The lowest BCUT2D eigenvalue weighted by Crippen LogP contribution is -2.53. The zero-order valence-electron chi connectivity index (χ0n) is 40.6. The smallest absolute Gasteiger partial charge is 0.414 e. The van der Waals surface area contributed by atoms with E-state index >= 15 is 0 Å². The summed E-state index contributed by atoms with van der Waals surface area (Å²) in [5.74, 6) is -0.182. The highest BCUT2D eigenvalue weighted by Gasteiger charge is 2.52. The maximum absolute atomic E-state index is 13.4. The van der Waals surface area contributed by atoms with Crippen LogP contribution in [0.3, 0.4) is 0 Å². The van der Waals surface area contributed by atoms with Gasteiger partial charge >= 0.3 is 24.1 Å². The number of halogens is 1. The van der Waals surface area contributed by atoms with Gasteiger partial charge in [-0.3, -0.25) is 29.0 Å². The van der Waals surface area contributed by atoms with E-state index in [0.717, 1.165) is 66.6 Å². The Hall–Kier alpha value is -6.25. The van der Waals surface area contributed by atoms with Gasteiger partial charge in [-0.2, -0.15) is 0 Å². The standard InChI is InChI=1S/C28H32N2O5.C23H26N2O2.C5H7ClO3/c1-34-26(32)17-16-25(31)29(20-14-15-20)27-21-10-5-6-12-23(21)30(24-13-7-11-22(24)27)28(33)35-18-19-8-3-2-4-9-19;26-23(27-15-16-7-2-1-3-8-16)25-20-11-5-4-9-18(20)22(24-17-13-14-17)19-10-6-12-21(19)25;1-9-5(8)3-2-4(6)7/h2-6,8-10,12,20,22,24,27H,7,11,13-18H2,1H3;1-5,7-9,11,17,19,21-22,24H,6,10,12-15H2;2-3H2,1H3. The summed E-state index contributed by atoms with van der Waals surface area (Å²) in [6.45, 7) is 0.541. The number of fused-ring (bicyclic) bond motifs is 4. The van der Waals surface area contributed by atoms with E-state index in [9.17, 15) is 28.8 Å². The van der Waals surface area contributed by atoms with Crippen molar-refractivity contribution in [1.82, 2.24) is 10.2 Å². The number of hydrogen-bond donors (Lipinski definition) is 1. The summed E-state index contributed by atoms with van der Waals surface area (Å²) in [6.07, 6.45) is 10.5. The predicted octanol–water partition coefficient (Wildman–Crippen LogP) is 10.5. The number of anilines is 2. The van der Waals surface area contributed by atoms with E-state index in [2.05, 4.69) is 28.3 Å². The Morgan fingerprint density at radius 3 is 1.56 bits per heavy atom. The van der Waals surface area contributed by atoms with E-state index in [-0.39, 0.29) is 86.4 Å². The number of hydrogen-bond acceptors (Lipinski definition) is 11. The van der Waals surface area contributed by atoms with Crippen LogP contribution in [0.5, 0.6) is 0 Å². The monoisotopic (exact) mass is 988 g/mol. The van der Waals surface area contributed by atoms with Gasteiger partial charge in [-0.1, -0.05) is 110 Å². The molecule has 15 heteroatoms. The lowest BCUT2D eigenvalue weighted by Gasteiger charge is -2.47. The first-order chi connectivity index (χ1) is 34.6. The molecule has 376 valence electrons. The quantitative estimate of drug-likeness (QED) is 0.0727. The molecule has 2 heterocycles. The van der Waals surface area contributed by atoms with Crippen LogP contribution in [0.1, 0.15) is 124 Å². The van der Waals surface area contributed by atoms with E-state index in [4.69, 9.17) is 25.8 Å². The number of amides is 3. The highest BCUT2D eigenvalue weighted by molar-refractivity contribution is 6.63. The molecular formula is C56H65ClN4O10. The molecule has 71 heavy (non-hydrogen) atoms. The topological polar surface area (TPSA) is 161 Å². The van der Waals surface area contributed by atoms with Gasteiger partial charge in [0.25, 0.3) is 0 Å². The molecule has 0 bridgehead atoms. The van der Waals surface area contributed by atoms with E-state index in [0.29, 0.717) is 24.6 Å². The molecule has 14 nitrogen and oxygen atoms in total. The Balaban J connectivity index is 0.000000166. The first kappa shape index (κ1) is 51.1. The second-order valence-electron chi connectivity index (χ2n) is 19.2. The van der Waals surface area contributed by atoms with Crippen LogP contribution in [-0.4, -0.2) is 78.6 Å². The molecule has 3 amide bonds. The average molecular weight is 990 g/mol. The van der Waals surface area contributed by atoms with Gasteiger partial charge in [0.2, 0.25) is 11.1 Å². The number of rotatable bonds is 14. The normalized spacial score (nSPS) is 22.3. The number of benzene rings is 4. The summed E-state index contributed by atoms with van der Waals surface area (Å²) in [5, 5.41) is 3.35. The predicted molar refractivity (Wildman–Crippen MR) is 268 cm³/mol. The van der Waals surface area contributed by atoms with Crippen molar-refractivity contribution in [2.45, 2.75) is 139 Å². The van der Waals surface area contributed by atoms with E-state index in [1.807, 2.05) is 106 Å². The van der Waals surface area contributed by atoms with Crippen molar-refractivity contribution < 1.29 is 47.7 Å². The zero-order valence-corrected chi connectivity index (χ0v) is 41.4. The minimum absolute atomic E-state index is 0.0107. The fourth-order valence-corrected chi connectivity index (χ4v) is 11.0. The van der Waals surface area contributed by atoms with Crippen molar-refractivity contribution in [3.05, 3.63) is 131 Å². The van der Waals surface area contributed by atoms with Gasteiger partial charge in [0.1, 0.15) is 13.2 Å². The number of nitrogens with one attached hydrogen (secondary N) is 1. The first-order valence-corrected chi connectivity index (χ1v) is 25.5. The third kappa shape index (κ3) is 12.8. The molecule has 4 aliphatic carbocycles. The minimum atomic E-state index is -0.514. The van der Waals surface area contributed by atoms with Crippen LogP contribution in [-0.2, 0) is 51.3 Å². The highest BCUT2D eigenvalue weighted by atomic mass is 35.5. The van der Waals surface area contributed by atoms with E-state index in [1.165, 1.54) is 45.5 Å². The second kappa shape index (κ2) is 24.2. The van der Waals surface area contributed by atoms with Gasteiger partial charge in [0, 0.05) is 49.0 Å². The SMILES string of the molecule is COC(=O)CCC(=O)Cl.COC(=O)CCC(=O)N(C1CC1)C1c2ccccc2N(C(=O)OCc2ccccc2)C2CCCC21.O=C(OCc1ccccc1)N1c2ccccc2C(NC2CC2)C2CCCC21. The molecule has 6 unspecified atom stereocenters. The van der Waals surface area contributed by atoms with Gasteiger partial charge in [-0.15, -0.1) is 0 Å². The van der Waals surface area contributed by atoms with E-state index < -0.39 is 11.2 Å². The summed E-state index contributed by atoms with van der Waals surface area (Å²) in [6, 6.07) is 37.2. The summed E-state index contributed by atoms with van der Waals surface area (Å²) in [7, 11) is 2.61. The lowest BCUT2D eigenvalue weighted by molar-refractivity contribution is -0.145. The maximum atomic E-state index is 13.4. The molecule has 0 spiro atoms. The molecule has 10 rings (SSSR count). The number of carbonyl (C=O) groups excluding carboxylic acids is 6. The molecule has 2 aliphatic heterocycles. The summed E-state index contributed by atoms with van der Waals surface area (Å²) in [5.41, 5.74) is 6.06. The fourth-order valence-electron chi connectivity index (χ4n) is 10.9. The molecule has 4 aromatic carbocycles. The Bertz CT molecular complexity index is 2490. The van der Waals surface area contributed by atoms with E-state index in [1.54, 1.807) is 0 Å². The van der Waals surface area contributed by atoms with Crippen molar-refractivity contribution in [2.75, 3.05) is 24.0 Å². The summed E-state index contributed by atoms with van der Waals surface area (Å²) < 4.78 is 20.5. The average Bonchev–Trinajstić information content (AvgIpc) is 4.32. The molecule has 6 aliphatic rings. The number of nitrogens with zero attached hydrogens (tertiary/aromatic N) is 3. The van der Waals surface area contributed by atoms with Gasteiger partial charge in [0.15, 0.2) is 0 Å². The molecule has 0 radical (unpaired) electrons. The fraction of sp³-hybridized carbons (Fsp3) is 0.464. The Kier molecular flexibility index (Phi) is 17.5. The third-order valence-corrected chi connectivity index (χ3v) is 14.6. The summed E-state index contributed by atoms with van der Waals surface area (Å²) >= 11 is 4.93. The van der Waals surface area contributed by atoms with Crippen LogP contribution in [0, 0.1) is 11.8 Å². The Morgan fingerprint density at radius 2 is 1.04 bits per heavy atom. The van der Waals surface area contributed by atoms with Crippen LogP contribution in [0.25, 0.3) is 0 Å². The van der Waals surface area contributed by atoms with Gasteiger partial charge in [-0.05, 0) is 103 Å². The highest BCUT2D eigenvalue weighted by Crippen LogP contribution is 2.53. The number of para-hydroxylation sites is 2. The molecule has 1 N–H and O–H groups in total. The van der Waals surface area contributed by atoms with Crippen molar-refractivity contribution in [2.24, 2.45) is 11.8 Å². The maximum Gasteiger partial charge on any atom is 0.414 e. The molecule has 4 aromatic rings. The first-order valence-electron chi connectivity index (χ1n) is 25.1. The van der Waals surface area contributed by atoms with Crippen LogP contribution in [0.15, 0.2) is 109 Å². The van der Waals surface area contributed by atoms with Gasteiger partial charge in [-0.25, -0.2) is 9.59 Å². The van der Waals surface area contributed by atoms with Crippen molar-refractivity contribution >= 4 is 58.3 Å². The van der Waals surface area contributed by atoms with Gasteiger partial charge < -0.3 is 29.2 Å². The Labute approximate surface area is 421 Å². The number of ether oxygens (including phenoxy) is 4. The molecule has 0 saturated heterocycles. The van der Waals surface area contributed by atoms with Crippen molar-refractivity contribution in [3.8, 4) is 0 Å². The van der Waals surface area contributed by atoms with Crippen LogP contribution >= 0.6 is 11.6 Å². The summed E-state index contributed by atoms with van der Waals surface area (Å²) in [4.78, 5) is 77.8.